The first kappa shape index (κ1) is 20.8. The van der Waals surface area contributed by atoms with Crippen molar-refractivity contribution >= 4 is 5.97 Å². The van der Waals surface area contributed by atoms with Crippen LogP contribution in [0.2, 0.25) is 0 Å². The van der Waals surface area contributed by atoms with E-state index in [0.717, 1.165) is 5.57 Å². The summed E-state index contributed by atoms with van der Waals surface area (Å²) < 4.78 is 25.1. The molecule has 2 spiro atoms. The van der Waals surface area contributed by atoms with E-state index in [4.69, 9.17) is 18.9 Å². The number of rotatable bonds is 5. The molecule has 178 valence electrons. The van der Waals surface area contributed by atoms with Crippen molar-refractivity contribution in [2.45, 2.75) is 92.8 Å². The van der Waals surface area contributed by atoms with Gasteiger partial charge in [-0.3, -0.25) is 0 Å². The molecule has 0 bridgehead atoms. The molecule has 33 heavy (non-hydrogen) atoms. The standard InChI is InChI=1S/C26H32O7/c1-6-8-22(28)12-21(5)15(14-11-30-20(27)17(14)22)10-16-25(31-16)23(29,9-7-2)24(13(3)4)18(32-24)19-26(21,25)33-19/h6-7,13,15-16,18-19,28-29H,1-2,8-12H2,3-5H3/t15-,16-,18-,19-,21-,22?,23?,24-,25+,26+/m0/s1. The average Bonchev–Trinajstić information content (AvgIpc) is 3.61. The molecule has 5 fully saturated rings. The lowest BCUT2D eigenvalue weighted by Crippen LogP contribution is -2.76. The Bertz CT molecular complexity index is 1060. The third-order valence-corrected chi connectivity index (χ3v) is 10.4. The monoisotopic (exact) mass is 456 g/mol. The van der Waals surface area contributed by atoms with E-state index < -0.39 is 39.4 Å². The number of cyclic esters (lactones) is 1. The quantitative estimate of drug-likeness (QED) is 0.370. The third kappa shape index (κ3) is 1.76. The summed E-state index contributed by atoms with van der Waals surface area (Å²) in [7, 11) is 0. The molecule has 7 aliphatic rings. The van der Waals surface area contributed by atoms with Gasteiger partial charge < -0.3 is 29.2 Å². The minimum atomic E-state index is -1.39. The maximum Gasteiger partial charge on any atom is 0.337 e. The number of ether oxygens (including phenoxy) is 4. The molecule has 3 saturated heterocycles. The van der Waals surface area contributed by atoms with E-state index in [-0.39, 0.29) is 43.2 Å². The molecular formula is C26H32O7. The Labute approximate surface area is 193 Å². The van der Waals surface area contributed by atoms with Crippen molar-refractivity contribution in [2.24, 2.45) is 17.3 Å². The second-order valence-corrected chi connectivity index (χ2v) is 11.8. The highest BCUT2D eigenvalue weighted by Crippen LogP contribution is 2.86. The van der Waals surface area contributed by atoms with Crippen LogP contribution in [0, 0.1) is 17.3 Å². The Morgan fingerprint density at radius 2 is 1.82 bits per heavy atom. The second-order valence-electron chi connectivity index (χ2n) is 11.8. The van der Waals surface area contributed by atoms with E-state index in [0.29, 0.717) is 24.8 Å². The van der Waals surface area contributed by atoms with E-state index >= 15 is 0 Å². The summed E-state index contributed by atoms with van der Waals surface area (Å²) in [4.78, 5) is 12.7. The summed E-state index contributed by atoms with van der Waals surface area (Å²) in [6, 6.07) is 0. The molecule has 7 nitrogen and oxygen atoms in total. The van der Waals surface area contributed by atoms with Crippen LogP contribution in [0.15, 0.2) is 36.5 Å². The SMILES string of the molecule is C=CCC1(O)C[C@@]2(C)[C@@H](C[C@@H]3O[C@@]34C(O)(CC=C)[C@@]3(C(C)C)O[C@H]3[C@@H]3O[C@]324)C2=C1C(=O)OC2. The zero-order valence-corrected chi connectivity index (χ0v) is 19.4. The smallest absolute Gasteiger partial charge is 0.337 e. The fourth-order valence-electron chi connectivity index (χ4n) is 9.38. The van der Waals surface area contributed by atoms with Gasteiger partial charge in [-0.15, -0.1) is 13.2 Å². The van der Waals surface area contributed by atoms with Gasteiger partial charge in [-0.1, -0.05) is 32.9 Å². The van der Waals surface area contributed by atoms with E-state index in [9.17, 15) is 15.0 Å². The van der Waals surface area contributed by atoms with Crippen molar-refractivity contribution in [1.82, 2.24) is 0 Å². The molecule has 10 atom stereocenters. The normalized spacial score (nSPS) is 58.8. The largest absolute Gasteiger partial charge is 0.458 e. The highest BCUT2D eigenvalue weighted by molar-refractivity contribution is 5.94. The molecule has 4 heterocycles. The van der Waals surface area contributed by atoms with Gasteiger partial charge in [0.2, 0.25) is 0 Å². The third-order valence-electron chi connectivity index (χ3n) is 10.4. The van der Waals surface area contributed by atoms with Gasteiger partial charge in [0.15, 0.2) is 5.60 Å². The molecule has 0 aromatic rings. The lowest BCUT2D eigenvalue weighted by Gasteiger charge is -2.58. The van der Waals surface area contributed by atoms with Gasteiger partial charge >= 0.3 is 5.97 Å². The van der Waals surface area contributed by atoms with Gasteiger partial charge in [0.1, 0.15) is 41.2 Å². The van der Waals surface area contributed by atoms with Gasteiger partial charge in [0, 0.05) is 5.41 Å². The van der Waals surface area contributed by atoms with Gasteiger partial charge in [-0.25, -0.2) is 4.79 Å². The number of epoxide rings is 3. The van der Waals surface area contributed by atoms with Gasteiger partial charge in [-0.2, -0.15) is 0 Å². The summed E-state index contributed by atoms with van der Waals surface area (Å²) in [5.41, 5.74) is -4.51. The molecule has 2 saturated carbocycles. The molecule has 0 aromatic heterocycles. The molecule has 0 amide bonds. The fraction of sp³-hybridized carbons (Fsp3) is 0.731. The number of aliphatic hydroxyl groups is 2. The number of esters is 1. The van der Waals surface area contributed by atoms with E-state index in [2.05, 4.69) is 33.9 Å². The van der Waals surface area contributed by atoms with Gasteiger partial charge in [0.25, 0.3) is 0 Å². The van der Waals surface area contributed by atoms with Gasteiger partial charge in [0.05, 0.1) is 11.7 Å². The van der Waals surface area contributed by atoms with Crippen molar-refractivity contribution in [1.29, 1.82) is 0 Å². The van der Waals surface area contributed by atoms with E-state index in [1.165, 1.54) is 0 Å². The van der Waals surface area contributed by atoms with Crippen molar-refractivity contribution in [3.8, 4) is 0 Å². The maximum atomic E-state index is 12.7. The Morgan fingerprint density at radius 1 is 1.09 bits per heavy atom. The molecule has 0 aromatic carbocycles. The van der Waals surface area contributed by atoms with Crippen LogP contribution in [-0.4, -0.2) is 69.1 Å². The van der Waals surface area contributed by atoms with Gasteiger partial charge in [-0.05, 0) is 43.1 Å². The molecule has 7 rings (SSSR count). The second kappa shape index (κ2) is 5.49. The zero-order chi connectivity index (χ0) is 23.4. The summed E-state index contributed by atoms with van der Waals surface area (Å²) in [6.45, 7) is 14.2. The summed E-state index contributed by atoms with van der Waals surface area (Å²) in [5, 5.41) is 24.3. The van der Waals surface area contributed by atoms with Crippen LogP contribution < -0.4 is 0 Å². The molecule has 3 aliphatic carbocycles. The van der Waals surface area contributed by atoms with Crippen LogP contribution in [0.25, 0.3) is 0 Å². The molecule has 4 aliphatic heterocycles. The summed E-state index contributed by atoms with van der Waals surface area (Å²) in [6.07, 6.45) is 4.25. The van der Waals surface area contributed by atoms with Crippen LogP contribution in [0.4, 0.5) is 0 Å². The fourth-order valence-corrected chi connectivity index (χ4v) is 9.38. The topological polar surface area (TPSA) is 104 Å². The van der Waals surface area contributed by atoms with E-state index in [1.807, 2.05) is 0 Å². The van der Waals surface area contributed by atoms with Crippen molar-refractivity contribution in [3.05, 3.63) is 36.5 Å². The maximum absolute atomic E-state index is 12.7. The first-order chi connectivity index (χ1) is 15.5. The molecule has 2 unspecified atom stereocenters. The number of carbonyl (C=O) groups excluding carboxylic acids is 1. The summed E-state index contributed by atoms with van der Waals surface area (Å²) in [5.74, 6) is -0.418. The summed E-state index contributed by atoms with van der Waals surface area (Å²) >= 11 is 0. The average molecular weight is 457 g/mol. The van der Waals surface area contributed by atoms with Crippen molar-refractivity contribution in [3.63, 3.8) is 0 Å². The van der Waals surface area contributed by atoms with Crippen LogP contribution in [0.3, 0.4) is 0 Å². The van der Waals surface area contributed by atoms with Crippen LogP contribution >= 0.6 is 0 Å². The molecular weight excluding hydrogens is 424 g/mol. The Hall–Kier alpha value is -1.51. The van der Waals surface area contributed by atoms with Crippen LogP contribution in [-0.2, 0) is 23.7 Å². The Kier molecular flexibility index (Phi) is 3.47. The molecule has 7 heteroatoms. The predicted octanol–water partition coefficient (Wildman–Crippen LogP) is 1.97. The minimum absolute atomic E-state index is 0.0482. The highest BCUT2D eigenvalue weighted by Gasteiger charge is 3.04. The lowest BCUT2D eigenvalue weighted by molar-refractivity contribution is -0.174. The lowest BCUT2D eigenvalue weighted by atomic mass is 9.42. The first-order valence-electron chi connectivity index (χ1n) is 12.2. The number of fused-ring (bicyclic) bond motifs is 4. The molecule has 2 N–H and O–H groups in total. The minimum Gasteiger partial charge on any atom is -0.458 e. The zero-order valence-electron chi connectivity index (χ0n) is 19.4. The Morgan fingerprint density at radius 3 is 2.48 bits per heavy atom. The van der Waals surface area contributed by atoms with E-state index in [1.54, 1.807) is 12.2 Å². The van der Waals surface area contributed by atoms with Crippen molar-refractivity contribution in [2.75, 3.05) is 6.61 Å². The molecule has 0 radical (unpaired) electrons. The first-order valence-corrected chi connectivity index (χ1v) is 12.2. The number of hydrogen-bond donors (Lipinski definition) is 2. The number of carbonyl (C=O) groups is 1. The van der Waals surface area contributed by atoms with Crippen molar-refractivity contribution < 1.29 is 34.0 Å². The predicted molar refractivity (Wildman–Crippen MR) is 116 cm³/mol. The van der Waals surface area contributed by atoms with Crippen LogP contribution in [0.5, 0.6) is 0 Å². The Balaban J connectivity index is 1.44. The number of hydrogen-bond acceptors (Lipinski definition) is 7. The van der Waals surface area contributed by atoms with Crippen LogP contribution in [0.1, 0.15) is 46.5 Å². The highest BCUT2D eigenvalue weighted by atomic mass is 16.7.